The number of benzene rings is 2. The largest absolute Gasteiger partial charge is 0.496 e. The Kier molecular flexibility index (Phi) is 4.32. The van der Waals surface area contributed by atoms with Gasteiger partial charge in [-0.15, -0.1) is 0 Å². The predicted octanol–water partition coefficient (Wildman–Crippen LogP) is 3.96. The van der Waals surface area contributed by atoms with E-state index in [1.165, 1.54) is 0 Å². The maximum absolute atomic E-state index is 5.97. The minimum atomic E-state index is 0.720. The fourth-order valence-electron chi connectivity index (χ4n) is 1.94. The number of para-hydroxylation sites is 1. The number of ether oxygens (including phenoxy) is 1. The summed E-state index contributed by atoms with van der Waals surface area (Å²) in [6.45, 7) is 2.76. The highest BCUT2D eigenvalue weighted by atomic mass is 79.9. The van der Waals surface area contributed by atoms with Gasteiger partial charge in [-0.2, -0.15) is 0 Å². The summed E-state index contributed by atoms with van der Waals surface area (Å²) < 4.78 is 6.16. The molecule has 2 rings (SSSR count). The maximum atomic E-state index is 5.97. The van der Waals surface area contributed by atoms with Gasteiger partial charge in [-0.05, 0) is 52.2 Å². The van der Waals surface area contributed by atoms with Gasteiger partial charge >= 0.3 is 0 Å². The molecule has 3 nitrogen and oxygen atoms in total. The molecular formula is C15H17BrN2O. The van der Waals surface area contributed by atoms with Crippen molar-refractivity contribution in [3.05, 3.63) is 52.0 Å². The van der Waals surface area contributed by atoms with E-state index in [-0.39, 0.29) is 0 Å². The van der Waals surface area contributed by atoms with Crippen LogP contribution in [0, 0.1) is 6.92 Å². The molecule has 0 saturated carbocycles. The smallest absolute Gasteiger partial charge is 0.133 e. The highest BCUT2D eigenvalue weighted by Crippen LogP contribution is 2.27. The van der Waals surface area contributed by atoms with E-state index in [9.17, 15) is 0 Å². The van der Waals surface area contributed by atoms with Crippen molar-refractivity contribution in [1.29, 1.82) is 0 Å². The summed E-state index contributed by atoms with van der Waals surface area (Å²) in [5, 5.41) is 3.38. The van der Waals surface area contributed by atoms with E-state index in [4.69, 9.17) is 10.5 Å². The third kappa shape index (κ3) is 3.20. The van der Waals surface area contributed by atoms with Gasteiger partial charge in [-0.1, -0.05) is 18.2 Å². The van der Waals surface area contributed by atoms with Crippen LogP contribution in [0.2, 0.25) is 0 Å². The molecule has 0 radical (unpaired) electrons. The highest BCUT2D eigenvalue weighted by Gasteiger charge is 2.04. The molecule has 0 atom stereocenters. The average Bonchev–Trinajstić information content (AvgIpc) is 2.38. The Hall–Kier alpha value is -1.68. The third-order valence-electron chi connectivity index (χ3n) is 2.99. The van der Waals surface area contributed by atoms with Crippen molar-refractivity contribution in [2.75, 3.05) is 18.2 Å². The summed E-state index contributed by atoms with van der Waals surface area (Å²) >= 11 is 3.48. The van der Waals surface area contributed by atoms with Crippen LogP contribution < -0.4 is 15.8 Å². The molecule has 0 aromatic heterocycles. The van der Waals surface area contributed by atoms with Gasteiger partial charge in [0.1, 0.15) is 5.75 Å². The summed E-state index contributed by atoms with van der Waals surface area (Å²) in [5.41, 5.74) is 10.0. The van der Waals surface area contributed by atoms with E-state index in [1.54, 1.807) is 7.11 Å². The Labute approximate surface area is 121 Å². The van der Waals surface area contributed by atoms with Crippen LogP contribution >= 0.6 is 15.9 Å². The predicted molar refractivity (Wildman–Crippen MR) is 83.6 cm³/mol. The molecule has 19 heavy (non-hydrogen) atoms. The fourth-order valence-corrected chi connectivity index (χ4v) is 2.53. The van der Waals surface area contributed by atoms with Gasteiger partial charge in [-0.25, -0.2) is 0 Å². The second-order valence-electron chi connectivity index (χ2n) is 4.36. The minimum Gasteiger partial charge on any atom is -0.496 e. The zero-order chi connectivity index (χ0) is 13.8. The molecule has 0 spiro atoms. The number of nitrogen functional groups attached to an aromatic ring is 1. The second-order valence-corrected chi connectivity index (χ2v) is 5.22. The minimum absolute atomic E-state index is 0.720. The summed E-state index contributed by atoms with van der Waals surface area (Å²) in [5.74, 6) is 0.833. The van der Waals surface area contributed by atoms with Crippen LogP contribution in [0.3, 0.4) is 0 Å². The van der Waals surface area contributed by atoms with Gasteiger partial charge in [0.15, 0.2) is 0 Å². The van der Waals surface area contributed by atoms with Crippen molar-refractivity contribution >= 4 is 27.3 Å². The molecule has 0 aliphatic carbocycles. The molecule has 3 N–H and O–H groups in total. The van der Waals surface area contributed by atoms with Crippen LogP contribution in [0.1, 0.15) is 11.1 Å². The molecule has 4 heteroatoms. The van der Waals surface area contributed by atoms with Gasteiger partial charge in [0.05, 0.1) is 23.0 Å². The van der Waals surface area contributed by atoms with Crippen LogP contribution in [0.25, 0.3) is 0 Å². The Bertz CT molecular complexity index is 564. The van der Waals surface area contributed by atoms with Crippen LogP contribution in [-0.4, -0.2) is 7.11 Å². The molecule has 0 amide bonds. The first-order chi connectivity index (χ1) is 9.11. The van der Waals surface area contributed by atoms with E-state index >= 15 is 0 Å². The number of methoxy groups -OCH3 is 1. The van der Waals surface area contributed by atoms with E-state index in [0.717, 1.165) is 39.3 Å². The summed E-state index contributed by atoms with van der Waals surface area (Å²) in [6, 6.07) is 11.9. The summed E-state index contributed by atoms with van der Waals surface area (Å²) in [4.78, 5) is 0. The Morgan fingerprint density at radius 2 is 2.05 bits per heavy atom. The molecule has 0 saturated heterocycles. The maximum Gasteiger partial charge on any atom is 0.133 e. The first-order valence-electron chi connectivity index (χ1n) is 6.03. The number of nitrogens with one attached hydrogen (secondary N) is 1. The SMILES string of the molecule is COc1ccc(CNc2c(C)cccc2N)cc1Br. The summed E-state index contributed by atoms with van der Waals surface area (Å²) in [7, 11) is 1.66. The topological polar surface area (TPSA) is 47.3 Å². The quantitative estimate of drug-likeness (QED) is 0.838. The normalized spacial score (nSPS) is 10.3. The molecule has 100 valence electrons. The Morgan fingerprint density at radius 1 is 1.26 bits per heavy atom. The molecule has 0 bridgehead atoms. The molecule has 0 heterocycles. The average molecular weight is 321 g/mol. The monoisotopic (exact) mass is 320 g/mol. The van der Waals surface area contributed by atoms with E-state index in [1.807, 2.05) is 43.3 Å². The lowest BCUT2D eigenvalue weighted by molar-refractivity contribution is 0.412. The molecule has 0 unspecified atom stereocenters. The Morgan fingerprint density at radius 3 is 2.68 bits per heavy atom. The van der Waals surface area contributed by atoms with Crippen molar-refractivity contribution < 1.29 is 4.74 Å². The van der Waals surface area contributed by atoms with E-state index < -0.39 is 0 Å². The van der Waals surface area contributed by atoms with E-state index in [2.05, 4.69) is 21.2 Å². The van der Waals surface area contributed by atoms with Crippen LogP contribution in [-0.2, 0) is 6.54 Å². The third-order valence-corrected chi connectivity index (χ3v) is 3.61. The lowest BCUT2D eigenvalue weighted by atomic mass is 10.1. The molecule has 0 aliphatic rings. The molecule has 2 aromatic rings. The number of hydrogen-bond acceptors (Lipinski definition) is 3. The van der Waals surface area contributed by atoms with Gasteiger partial charge in [0.25, 0.3) is 0 Å². The van der Waals surface area contributed by atoms with Crippen molar-refractivity contribution in [1.82, 2.24) is 0 Å². The standard InChI is InChI=1S/C15H17BrN2O/c1-10-4-3-5-13(17)15(10)18-9-11-6-7-14(19-2)12(16)8-11/h3-8,18H,9,17H2,1-2H3. The number of nitrogens with two attached hydrogens (primary N) is 1. The molecule has 0 aliphatic heterocycles. The van der Waals surface area contributed by atoms with Gasteiger partial charge in [0.2, 0.25) is 0 Å². The first kappa shape index (κ1) is 13.7. The number of rotatable bonds is 4. The van der Waals surface area contributed by atoms with Crippen LogP contribution in [0.5, 0.6) is 5.75 Å². The second kappa shape index (κ2) is 5.97. The van der Waals surface area contributed by atoms with Crippen molar-refractivity contribution in [2.45, 2.75) is 13.5 Å². The number of halogens is 1. The number of anilines is 2. The molecule has 0 fully saturated rings. The first-order valence-corrected chi connectivity index (χ1v) is 6.82. The van der Waals surface area contributed by atoms with Crippen molar-refractivity contribution in [3.8, 4) is 5.75 Å². The van der Waals surface area contributed by atoms with E-state index in [0.29, 0.717) is 0 Å². The fraction of sp³-hybridized carbons (Fsp3) is 0.200. The highest BCUT2D eigenvalue weighted by molar-refractivity contribution is 9.10. The number of hydrogen-bond donors (Lipinski definition) is 2. The Balaban J connectivity index is 2.13. The molecule has 2 aromatic carbocycles. The zero-order valence-electron chi connectivity index (χ0n) is 11.0. The van der Waals surface area contributed by atoms with Crippen LogP contribution in [0.4, 0.5) is 11.4 Å². The van der Waals surface area contributed by atoms with Crippen LogP contribution in [0.15, 0.2) is 40.9 Å². The van der Waals surface area contributed by atoms with Crippen molar-refractivity contribution in [2.24, 2.45) is 0 Å². The number of aryl methyl sites for hydroxylation is 1. The van der Waals surface area contributed by atoms with Crippen molar-refractivity contribution in [3.63, 3.8) is 0 Å². The summed E-state index contributed by atoms with van der Waals surface area (Å²) in [6.07, 6.45) is 0. The van der Waals surface area contributed by atoms with Gasteiger partial charge in [-0.3, -0.25) is 0 Å². The lowest BCUT2D eigenvalue weighted by Gasteiger charge is -2.13. The molecular weight excluding hydrogens is 304 g/mol. The van der Waals surface area contributed by atoms with Gasteiger partial charge in [0, 0.05) is 6.54 Å². The lowest BCUT2D eigenvalue weighted by Crippen LogP contribution is -2.04. The zero-order valence-corrected chi connectivity index (χ0v) is 12.6. The van der Waals surface area contributed by atoms with Gasteiger partial charge < -0.3 is 15.8 Å².